The smallest absolute Gasteiger partial charge is 0.300 e. The number of benzene rings is 3. The number of carbonyl (C=O) groups excluding carboxylic acids is 2. The van der Waals surface area contributed by atoms with Gasteiger partial charge >= 0.3 is 0 Å². The van der Waals surface area contributed by atoms with Gasteiger partial charge in [-0.3, -0.25) is 14.5 Å². The van der Waals surface area contributed by atoms with Crippen LogP contribution in [-0.4, -0.2) is 66.6 Å². The van der Waals surface area contributed by atoms with Crippen LogP contribution >= 0.6 is 0 Å². The summed E-state index contributed by atoms with van der Waals surface area (Å²) in [6.07, 6.45) is 0.714. The molecule has 3 aliphatic rings. The van der Waals surface area contributed by atoms with E-state index in [0.717, 1.165) is 43.2 Å². The molecule has 0 spiro atoms. The number of phenolic OH excluding ortho intramolecular Hbond substituents is 1. The third kappa shape index (κ3) is 4.16. The van der Waals surface area contributed by atoms with Crippen molar-refractivity contribution in [1.82, 2.24) is 4.90 Å². The van der Waals surface area contributed by atoms with Crippen molar-refractivity contribution in [3.63, 3.8) is 0 Å². The summed E-state index contributed by atoms with van der Waals surface area (Å²) in [4.78, 5) is 32.9. The van der Waals surface area contributed by atoms with Crippen molar-refractivity contribution in [2.24, 2.45) is 0 Å². The first kappa shape index (κ1) is 24.1. The first-order valence-corrected chi connectivity index (χ1v) is 12.8. The molecular weight excluding hydrogens is 482 g/mol. The van der Waals surface area contributed by atoms with Crippen LogP contribution in [0.15, 0.2) is 72.3 Å². The molecule has 6 rings (SSSR count). The number of amides is 1. The zero-order chi connectivity index (χ0) is 26.4. The zero-order valence-electron chi connectivity index (χ0n) is 21.1. The summed E-state index contributed by atoms with van der Waals surface area (Å²) in [6.45, 7) is 4.36. The number of anilines is 2. The highest BCUT2D eigenvalue weighted by Crippen LogP contribution is 2.43. The van der Waals surface area contributed by atoms with E-state index in [2.05, 4.69) is 16.8 Å². The van der Waals surface area contributed by atoms with Crippen molar-refractivity contribution in [3.05, 3.63) is 89.0 Å². The quantitative estimate of drug-likeness (QED) is 0.313. The maximum Gasteiger partial charge on any atom is 0.300 e. The lowest BCUT2D eigenvalue weighted by molar-refractivity contribution is -0.132. The van der Waals surface area contributed by atoms with Gasteiger partial charge in [0.15, 0.2) is 0 Å². The fourth-order valence-electron chi connectivity index (χ4n) is 5.45. The fraction of sp³-hybridized carbons (Fsp3) is 0.267. The Balaban J connectivity index is 1.42. The summed E-state index contributed by atoms with van der Waals surface area (Å²) >= 11 is 0. The summed E-state index contributed by atoms with van der Waals surface area (Å²) < 4.78 is 5.58. The predicted octanol–water partition coefficient (Wildman–Crippen LogP) is 3.71. The van der Waals surface area contributed by atoms with E-state index in [9.17, 15) is 19.8 Å². The molecule has 0 saturated carbocycles. The van der Waals surface area contributed by atoms with Gasteiger partial charge in [-0.15, -0.1) is 0 Å². The molecule has 3 aliphatic heterocycles. The molecule has 0 aromatic heterocycles. The van der Waals surface area contributed by atoms with Crippen LogP contribution in [0.3, 0.4) is 0 Å². The van der Waals surface area contributed by atoms with Gasteiger partial charge in [0.25, 0.3) is 11.7 Å². The van der Waals surface area contributed by atoms with Crippen LogP contribution < -0.4 is 14.5 Å². The zero-order valence-corrected chi connectivity index (χ0v) is 21.1. The van der Waals surface area contributed by atoms with Gasteiger partial charge in [0.05, 0.1) is 18.2 Å². The van der Waals surface area contributed by atoms with Gasteiger partial charge in [0.1, 0.15) is 17.3 Å². The summed E-state index contributed by atoms with van der Waals surface area (Å²) in [5.74, 6) is -0.854. The minimum absolute atomic E-state index is 0.0164. The Hall–Kier alpha value is -4.30. The SMILES string of the molecule is CN1CCN(c2ccc(N3C(=O)C(=O)/C(=C(\O)c4ccc5c(c4)CCO5)C3c3ccc(O)cc3)cc2)CC1. The normalized spacial score (nSPS) is 21.0. The number of hydrogen-bond donors (Lipinski definition) is 2. The number of likely N-dealkylation sites (N-methyl/N-ethyl adjacent to an activating group) is 1. The number of aliphatic hydroxyl groups excluding tert-OH is 1. The van der Waals surface area contributed by atoms with Crippen LogP contribution in [0.1, 0.15) is 22.7 Å². The van der Waals surface area contributed by atoms with E-state index < -0.39 is 17.7 Å². The Labute approximate surface area is 221 Å². The molecule has 3 aromatic rings. The van der Waals surface area contributed by atoms with E-state index in [-0.39, 0.29) is 17.1 Å². The third-order valence-electron chi connectivity index (χ3n) is 7.61. The van der Waals surface area contributed by atoms with Crippen molar-refractivity contribution in [1.29, 1.82) is 0 Å². The molecule has 2 saturated heterocycles. The Morgan fingerprint density at radius 3 is 2.29 bits per heavy atom. The van der Waals surface area contributed by atoms with E-state index in [1.165, 1.54) is 17.0 Å². The Kier molecular flexibility index (Phi) is 6.04. The maximum absolute atomic E-state index is 13.5. The molecule has 1 atom stereocenters. The van der Waals surface area contributed by atoms with Gasteiger partial charge < -0.3 is 24.7 Å². The Morgan fingerprint density at radius 2 is 1.58 bits per heavy atom. The minimum Gasteiger partial charge on any atom is -0.508 e. The maximum atomic E-state index is 13.5. The van der Waals surface area contributed by atoms with Crippen molar-refractivity contribution >= 4 is 28.8 Å². The number of fused-ring (bicyclic) bond motifs is 1. The van der Waals surface area contributed by atoms with Crippen molar-refractivity contribution in [2.75, 3.05) is 49.6 Å². The third-order valence-corrected chi connectivity index (χ3v) is 7.61. The predicted molar refractivity (Wildman–Crippen MR) is 145 cm³/mol. The highest BCUT2D eigenvalue weighted by Gasteiger charge is 2.47. The van der Waals surface area contributed by atoms with E-state index in [4.69, 9.17) is 4.74 Å². The number of ketones is 1. The number of ether oxygens (including phenoxy) is 1. The molecular formula is C30H29N3O5. The molecule has 1 amide bonds. The number of carbonyl (C=O) groups is 2. The molecule has 2 fully saturated rings. The molecule has 0 aliphatic carbocycles. The van der Waals surface area contributed by atoms with Gasteiger partial charge in [-0.2, -0.15) is 0 Å². The van der Waals surface area contributed by atoms with Gasteiger partial charge in [0.2, 0.25) is 0 Å². The van der Waals surface area contributed by atoms with Gasteiger partial charge in [-0.05, 0) is 72.8 Å². The molecule has 3 heterocycles. The Morgan fingerprint density at radius 1 is 0.895 bits per heavy atom. The summed E-state index contributed by atoms with van der Waals surface area (Å²) in [6, 6.07) is 18.4. The number of aliphatic hydroxyl groups is 1. The molecule has 3 aromatic carbocycles. The average Bonchev–Trinajstić information content (AvgIpc) is 3.51. The van der Waals surface area contributed by atoms with Crippen LogP contribution in [0.2, 0.25) is 0 Å². The molecule has 0 radical (unpaired) electrons. The number of nitrogens with zero attached hydrogens (tertiary/aromatic N) is 3. The molecule has 1 unspecified atom stereocenters. The largest absolute Gasteiger partial charge is 0.508 e. The molecule has 194 valence electrons. The topological polar surface area (TPSA) is 93.6 Å². The average molecular weight is 512 g/mol. The fourth-order valence-corrected chi connectivity index (χ4v) is 5.45. The monoisotopic (exact) mass is 511 g/mol. The van der Waals surface area contributed by atoms with Crippen LogP contribution in [-0.2, 0) is 16.0 Å². The van der Waals surface area contributed by atoms with Crippen LogP contribution in [0.4, 0.5) is 11.4 Å². The summed E-state index contributed by atoms with van der Waals surface area (Å²) in [7, 11) is 2.11. The second-order valence-electron chi connectivity index (χ2n) is 9.99. The first-order valence-electron chi connectivity index (χ1n) is 12.8. The van der Waals surface area contributed by atoms with Crippen LogP contribution in [0.5, 0.6) is 11.5 Å². The number of hydrogen-bond acceptors (Lipinski definition) is 7. The highest BCUT2D eigenvalue weighted by atomic mass is 16.5. The second-order valence-corrected chi connectivity index (χ2v) is 9.99. The lowest BCUT2D eigenvalue weighted by Gasteiger charge is -2.34. The summed E-state index contributed by atoms with van der Waals surface area (Å²) in [5, 5.41) is 21.3. The van der Waals surface area contributed by atoms with Crippen molar-refractivity contribution in [2.45, 2.75) is 12.5 Å². The van der Waals surface area contributed by atoms with E-state index in [0.29, 0.717) is 29.8 Å². The number of Topliss-reactive ketones (excluding diaryl/α,β-unsaturated/α-hetero) is 1. The molecule has 2 N–H and O–H groups in total. The van der Waals surface area contributed by atoms with E-state index >= 15 is 0 Å². The van der Waals surface area contributed by atoms with Crippen molar-refractivity contribution < 1.29 is 24.5 Å². The van der Waals surface area contributed by atoms with Crippen LogP contribution in [0.25, 0.3) is 5.76 Å². The molecule has 8 heteroatoms. The van der Waals surface area contributed by atoms with E-state index in [1.807, 2.05) is 30.3 Å². The lowest BCUT2D eigenvalue weighted by atomic mass is 9.94. The number of aromatic hydroxyl groups is 1. The highest BCUT2D eigenvalue weighted by molar-refractivity contribution is 6.51. The summed E-state index contributed by atoms with van der Waals surface area (Å²) in [5.41, 5.74) is 3.65. The lowest BCUT2D eigenvalue weighted by Crippen LogP contribution is -2.44. The van der Waals surface area contributed by atoms with Crippen molar-refractivity contribution in [3.8, 4) is 11.5 Å². The number of rotatable bonds is 4. The molecule has 38 heavy (non-hydrogen) atoms. The standard InChI is InChI=1S/C30H29N3O5/c1-31-13-15-32(16-14-31)22-5-7-23(8-6-22)33-27(19-2-9-24(34)10-3-19)26(29(36)30(33)37)28(35)21-4-11-25-20(18-21)12-17-38-25/h2-11,18,27,34-35H,12-17H2,1H3/b28-26-. The van der Waals surface area contributed by atoms with E-state index in [1.54, 1.807) is 24.3 Å². The number of phenols is 1. The first-order chi connectivity index (χ1) is 18.4. The van der Waals surface area contributed by atoms with Gasteiger partial charge in [-0.1, -0.05) is 12.1 Å². The second kappa shape index (κ2) is 9.54. The van der Waals surface area contributed by atoms with Crippen LogP contribution in [0, 0.1) is 0 Å². The Bertz CT molecular complexity index is 1420. The minimum atomic E-state index is -0.852. The molecule has 8 nitrogen and oxygen atoms in total. The van der Waals surface area contributed by atoms with Gasteiger partial charge in [0, 0.05) is 49.5 Å². The number of piperazine rings is 1. The van der Waals surface area contributed by atoms with Gasteiger partial charge in [-0.25, -0.2) is 0 Å². The molecule has 0 bridgehead atoms.